The molecule has 3 rings (SSSR count). The lowest BCUT2D eigenvalue weighted by Crippen LogP contribution is -2.33. The zero-order valence-corrected chi connectivity index (χ0v) is 12.2. The quantitative estimate of drug-likeness (QED) is 0.911. The Morgan fingerprint density at radius 2 is 2.29 bits per heavy atom. The number of aromatic nitrogens is 1. The van der Waals surface area contributed by atoms with E-state index >= 15 is 0 Å². The van der Waals surface area contributed by atoms with E-state index in [0.29, 0.717) is 0 Å². The molecule has 0 aromatic carbocycles. The summed E-state index contributed by atoms with van der Waals surface area (Å²) in [5, 5.41) is 14.1. The number of carbonyl (C=O) groups excluding carboxylic acids is 1. The van der Waals surface area contributed by atoms with E-state index in [1.807, 2.05) is 0 Å². The van der Waals surface area contributed by atoms with E-state index in [0.717, 1.165) is 19.3 Å². The van der Waals surface area contributed by atoms with Gasteiger partial charge < -0.3 is 15.0 Å². The molecule has 5 nitrogen and oxygen atoms in total. The molecule has 0 bridgehead atoms. The number of nitrogens with one attached hydrogen (secondary N) is 1. The third-order valence-corrected chi connectivity index (χ3v) is 4.75. The van der Waals surface area contributed by atoms with Crippen LogP contribution in [0, 0.1) is 0 Å². The van der Waals surface area contributed by atoms with Crippen LogP contribution < -0.4 is 5.32 Å². The molecule has 2 aromatic rings. The zero-order chi connectivity index (χ0) is 14.8. The SMILES string of the molecule is O=C(Cn1cccc1C(=O)O)NC1CCCc2sccc21. The van der Waals surface area contributed by atoms with Gasteiger partial charge in [0.05, 0.1) is 6.04 Å². The summed E-state index contributed by atoms with van der Waals surface area (Å²) in [6, 6.07) is 5.25. The number of aromatic carboxylic acids is 1. The van der Waals surface area contributed by atoms with Gasteiger partial charge in [-0.15, -0.1) is 11.3 Å². The molecule has 1 unspecified atom stereocenters. The summed E-state index contributed by atoms with van der Waals surface area (Å²) in [4.78, 5) is 24.5. The van der Waals surface area contributed by atoms with Gasteiger partial charge >= 0.3 is 5.97 Å². The first kappa shape index (κ1) is 13.9. The number of hydrogen-bond acceptors (Lipinski definition) is 3. The van der Waals surface area contributed by atoms with Crippen LogP contribution in [0.3, 0.4) is 0 Å². The summed E-state index contributed by atoms with van der Waals surface area (Å²) < 4.78 is 1.45. The minimum absolute atomic E-state index is 0.0323. The Kier molecular flexibility index (Phi) is 3.79. The molecule has 1 amide bonds. The van der Waals surface area contributed by atoms with E-state index in [1.165, 1.54) is 21.1 Å². The van der Waals surface area contributed by atoms with Crippen molar-refractivity contribution < 1.29 is 14.7 Å². The van der Waals surface area contributed by atoms with Gasteiger partial charge in [-0.1, -0.05) is 0 Å². The predicted molar refractivity (Wildman–Crippen MR) is 79.5 cm³/mol. The fourth-order valence-corrected chi connectivity index (χ4v) is 3.76. The molecule has 0 saturated heterocycles. The van der Waals surface area contributed by atoms with Gasteiger partial charge in [-0.05, 0) is 48.4 Å². The van der Waals surface area contributed by atoms with Crippen molar-refractivity contribution in [3.8, 4) is 0 Å². The minimum Gasteiger partial charge on any atom is -0.477 e. The molecule has 0 radical (unpaired) electrons. The van der Waals surface area contributed by atoms with Crippen LogP contribution in [0.15, 0.2) is 29.8 Å². The fraction of sp³-hybridized carbons (Fsp3) is 0.333. The van der Waals surface area contributed by atoms with Crippen molar-refractivity contribution in [3.63, 3.8) is 0 Å². The number of rotatable bonds is 4. The predicted octanol–water partition coefficient (Wildman–Crippen LogP) is 2.44. The standard InChI is InChI=1S/C15H16N2O3S/c18-14(9-17-7-2-4-12(17)15(19)20)16-11-3-1-5-13-10(11)6-8-21-13/h2,4,6-8,11H,1,3,5,9H2,(H,16,18)(H,19,20). The van der Waals surface area contributed by atoms with Gasteiger partial charge in [-0.25, -0.2) is 4.79 Å². The molecule has 2 heterocycles. The molecule has 1 atom stereocenters. The highest BCUT2D eigenvalue weighted by atomic mass is 32.1. The van der Waals surface area contributed by atoms with Crippen molar-refractivity contribution in [2.24, 2.45) is 0 Å². The van der Waals surface area contributed by atoms with E-state index in [4.69, 9.17) is 5.11 Å². The lowest BCUT2D eigenvalue weighted by molar-refractivity contribution is -0.122. The van der Waals surface area contributed by atoms with Crippen LogP contribution in [-0.2, 0) is 17.8 Å². The van der Waals surface area contributed by atoms with Crippen molar-refractivity contribution >= 4 is 23.2 Å². The van der Waals surface area contributed by atoms with Crippen molar-refractivity contribution in [1.29, 1.82) is 0 Å². The van der Waals surface area contributed by atoms with Crippen molar-refractivity contribution in [3.05, 3.63) is 45.9 Å². The molecular weight excluding hydrogens is 288 g/mol. The maximum Gasteiger partial charge on any atom is 0.352 e. The molecule has 0 spiro atoms. The van der Waals surface area contributed by atoms with Crippen LogP contribution in [-0.4, -0.2) is 21.6 Å². The third-order valence-electron chi connectivity index (χ3n) is 3.75. The molecule has 2 aromatic heterocycles. The summed E-state index contributed by atoms with van der Waals surface area (Å²) in [6.07, 6.45) is 4.70. The second-order valence-corrected chi connectivity index (χ2v) is 6.14. The smallest absolute Gasteiger partial charge is 0.352 e. The van der Waals surface area contributed by atoms with Crippen LogP contribution in [0.5, 0.6) is 0 Å². The summed E-state index contributed by atoms with van der Waals surface area (Å²) in [6.45, 7) is 0.0323. The van der Waals surface area contributed by atoms with E-state index in [1.54, 1.807) is 23.6 Å². The maximum absolute atomic E-state index is 12.2. The van der Waals surface area contributed by atoms with Crippen molar-refractivity contribution in [2.75, 3.05) is 0 Å². The van der Waals surface area contributed by atoms with Gasteiger partial charge in [0.1, 0.15) is 12.2 Å². The largest absolute Gasteiger partial charge is 0.477 e. The van der Waals surface area contributed by atoms with Gasteiger partial charge in [0, 0.05) is 11.1 Å². The number of carboxylic acids is 1. The fourth-order valence-electron chi connectivity index (χ4n) is 2.78. The van der Waals surface area contributed by atoms with Crippen LogP contribution >= 0.6 is 11.3 Å². The average Bonchev–Trinajstić information content (AvgIpc) is 3.07. The Bertz CT molecular complexity index is 674. The highest BCUT2D eigenvalue weighted by molar-refractivity contribution is 7.10. The van der Waals surface area contributed by atoms with E-state index in [-0.39, 0.29) is 24.2 Å². The van der Waals surface area contributed by atoms with Crippen molar-refractivity contribution in [1.82, 2.24) is 9.88 Å². The third kappa shape index (κ3) is 2.85. The number of carboxylic acid groups (broad SMARTS) is 1. The van der Waals surface area contributed by atoms with Gasteiger partial charge in [-0.3, -0.25) is 4.79 Å². The Labute approximate surface area is 126 Å². The molecule has 0 aliphatic heterocycles. The Hall–Kier alpha value is -2.08. The number of amides is 1. The molecule has 0 fully saturated rings. The van der Waals surface area contributed by atoms with Crippen LogP contribution in [0.25, 0.3) is 0 Å². The number of carbonyl (C=O) groups is 2. The van der Waals surface area contributed by atoms with Gasteiger partial charge in [-0.2, -0.15) is 0 Å². The first-order valence-electron chi connectivity index (χ1n) is 6.89. The molecule has 110 valence electrons. The number of nitrogens with zero attached hydrogens (tertiary/aromatic N) is 1. The summed E-state index contributed by atoms with van der Waals surface area (Å²) in [7, 11) is 0. The first-order chi connectivity index (χ1) is 10.1. The summed E-state index contributed by atoms with van der Waals surface area (Å²) >= 11 is 1.73. The molecule has 1 aliphatic carbocycles. The second kappa shape index (κ2) is 5.73. The van der Waals surface area contributed by atoms with Gasteiger partial charge in [0.15, 0.2) is 0 Å². The highest BCUT2D eigenvalue weighted by Gasteiger charge is 2.23. The Morgan fingerprint density at radius 1 is 1.43 bits per heavy atom. The van der Waals surface area contributed by atoms with Gasteiger partial charge in [0.25, 0.3) is 0 Å². The topological polar surface area (TPSA) is 71.3 Å². The van der Waals surface area contributed by atoms with Gasteiger partial charge in [0.2, 0.25) is 5.91 Å². The van der Waals surface area contributed by atoms with Crippen LogP contribution in [0.2, 0.25) is 0 Å². The molecule has 21 heavy (non-hydrogen) atoms. The highest BCUT2D eigenvalue weighted by Crippen LogP contribution is 2.33. The summed E-state index contributed by atoms with van der Waals surface area (Å²) in [5.41, 5.74) is 1.34. The second-order valence-electron chi connectivity index (χ2n) is 5.14. The zero-order valence-electron chi connectivity index (χ0n) is 11.4. The number of hydrogen-bond donors (Lipinski definition) is 2. The normalized spacial score (nSPS) is 17.2. The molecule has 2 N–H and O–H groups in total. The number of aryl methyl sites for hydroxylation is 1. The number of thiophene rings is 1. The molecule has 0 saturated carbocycles. The average molecular weight is 304 g/mol. The monoisotopic (exact) mass is 304 g/mol. The molecule has 6 heteroatoms. The maximum atomic E-state index is 12.2. The minimum atomic E-state index is -1.02. The molecular formula is C15H16N2O3S. The molecule has 1 aliphatic rings. The van der Waals surface area contributed by atoms with E-state index in [9.17, 15) is 9.59 Å². The van der Waals surface area contributed by atoms with Crippen LogP contribution in [0.1, 0.15) is 39.8 Å². The lowest BCUT2D eigenvalue weighted by atomic mass is 9.94. The van der Waals surface area contributed by atoms with E-state index < -0.39 is 5.97 Å². The van der Waals surface area contributed by atoms with Crippen LogP contribution in [0.4, 0.5) is 0 Å². The van der Waals surface area contributed by atoms with E-state index in [2.05, 4.69) is 16.8 Å². The summed E-state index contributed by atoms with van der Waals surface area (Å²) in [5.74, 6) is -1.18. The first-order valence-corrected chi connectivity index (χ1v) is 7.77. The van der Waals surface area contributed by atoms with Crippen molar-refractivity contribution in [2.45, 2.75) is 31.8 Å². The Balaban J connectivity index is 1.68. The number of fused-ring (bicyclic) bond motifs is 1. The Morgan fingerprint density at radius 3 is 3.10 bits per heavy atom. The lowest BCUT2D eigenvalue weighted by Gasteiger charge is -2.24.